The van der Waals surface area contributed by atoms with Crippen LogP contribution in [0.1, 0.15) is 75.6 Å². The molecular weight excluding hydrogens is 584 g/mol. The molecule has 0 fully saturated rings. The van der Waals surface area contributed by atoms with E-state index in [0.717, 1.165) is 0 Å². The number of hydrogen-bond acceptors (Lipinski definition) is 11. The van der Waals surface area contributed by atoms with Gasteiger partial charge in [-0.3, -0.25) is 24.0 Å². The quantitative estimate of drug-likeness (QED) is 0.112. The molecule has 0 atom stereocenters. The normalized spacial score (nSPS) is 10.9. The highest BCUT2D eigenvalue weighted by Crippen LogP contribution is 2.15. The van der Waals surface area contributed by atoms with E-state index >= 15 is 0 Å². The Morgan fingerprint density at radius 1 is 0.435 bits per heavy atom. The highest BCUT2D eigenvalue weighted by molar-refractivity contribution is 6.13. The van der Waals surface area contributed by atoms with Crippen LogP contribution in [0.5, 0.6) is 0 Å². The number of aromatic nitrogens is 6. The molecule has 0 bridgehead atoms. The van der Waals surface area contributed by atoms with Crippen LogP contribution in [0.2, 0.25) is 0 Å². The Hall–Kier alpha value is -6.75. The molecule has 0 aliphatic rings. The summed E-state index contributed by atoms with van der Waals surface area (Å²) in [6.45, 7) is 7.17. The predicted molar refractivity (Wildman–Crippen MR) is 166 cm³/mol. The van der Waals surface area contributed by atoms with Crippen molar-refractivity contribution in [1.29, 1.82) is 0 Å². The molecule has 3 aromatic carbocycles. The first-order valence-corrected chi connectivity index (χ1v) is 13.7. The summed E-state index contributed by atoms with van der Waals surface area (Å²) in [5.41, 5.74) is 0.604. The standard InChI is InChI=1S/C35H22N6O5/c1-3-14-21(4-2)25(42)30-36-31(26(43)22-15-8-5-9-16-22)39-34(38-30)29(46)35-40-32(27(44)23-17-10-6-11-18-23)37-33(41-35)28(45)24-19-12-7-13-20-24/h3-20H,1-2H2/b21-14+. The Balaban J connectivity index is 1.67. The number of rotatable bonds is 12. The monoisotopic (exact) mass is 606 g/mol. The zero-order valence-electron chi connectivity index (χ0n) is 24.0. The summed E-state index contributed by atoms with van der Waals surface area (Å²) in [4.78, 5) is 91.6. The second-order valence-electron chi connectivity index (χ2n) is 9.42. The molecule has 0 saturated heterocycles. The number of Topliss-reactive ketones (excluding diaryl/α,β-unsaturated/α-hetero) is 1. The van der Waals surface area contributed by atoms with Crippen LogP contribution in [0, 0.1) is 0 Å². The van der Waals surface area contributed by atoms with E-state index in [1.807, 2.05) is 0 Å². The van der Waals surface area contributed by atoms with Crippen molar-refractivity contribution in [2.24, 2.45) is 0 Å². The largest absolute Gasteiger partial charge is 0.285 e. The van der Waals surface area contributed by atoms with Gasteiger partial charge in [0.1, 0.15) is 0 Å². The van der Waals surface area contributed by atoms with Gasteiger partial charge in [0.05, 0.1) is 0 Å². The minimum absolute atomic E-state index is 0.0318. The highest BCUT2D eigenvalue weighted by Gasteiger charge is 2.28. The van der Waals surface area contributed by atoms with Gasteiger partial charge >= 0.3 is 0 Å². The van der Waals surface area contributed by atoms with Gasteiger partial charge < -0.3 is 0 Å². The molecule has 0 unspecified atom stereocenters. The number of nitrogens with zero attached hydrogens (tertiary/aromatic N) is 6. The Kier molecular flexibility index (Phi) is 9.14. The second kappa shape index (κ2) is 13.7. The topological polar surface area (TPSA) is 163 Å². The van der Waals surface area contributed by atoms with E-state index in [-0.39, 0.29) is 22.3 Å². The van der Waals surface area contributed by atoms with Gasteiger partial charge in [-0.25, -0.2) is 29.9 Å². The number of benzene rings is 3. The first-order valence-electron chi connectivity index (χ1n) is 13.7. The molecule has 222 valence electrons. The van der Waals surface area contributed by atoms with E-state index in [9.17, 15) is 24.0 Å². The van der Waals surface area contributed by atoms with Crippen LogP contribution in [0.3, 0.4) is 0 Å². The number of hydrogen-bond donors (Lipinski definition) is 0. The molecule has 2 aromatic heterocycles. The zero-order chi connectivity index (χ0) is 32.6. The lowest BCUT2D eigenvalue weighted by molar-refractivity contribution is 0.100. The van der Waals surface area contributed by atoms with Gasteiger partial charge in [-0.1, -0.05) is 122 Å². The fourth-order valence-electron chi connectivity index (χ4n) is 4.11. The van der Waals surface area contributed by atoms with E-state index in [4.69, 9.17) is 0 Å². The maximum absolute atomic E-state index is 13.9. The van der Waals surface area contributed by atoms with Crippen LogP contribution in [0.25, 0.3) is 0 Å². The van der Waals surface area contributed by atoms with Crippen LogP contribution in [-0.4, -0.2) is 58.8 Å². The highest BCUT2D eigenvalue weighted by atomic mass is 16.2. The SMILES string of the molecule is C=C/C=C(\C=C)C(=O)c1nc(C(=O)c2ccccc2)nc(C(=O)c2nc(C(=O)c3ccccc3)nc(C(=O)c3ccccc3)n2)n1. The van der Waals surface area contributed by atoms with Crippen LogP contribution in [0.15, 0.2) is 128 Å². The molecule has 0 spiro atoms. The van der Waals surface area contributed by atoms with Crippen molar-refractivity contribution in [2.45, 2.75) is 0 Å². The average Bonchev–Trinajstić information content (AvgIpc) is 3.12. The van der Waals surface area contributed by atoms with Crippen molar-refractivity contribution < 1.29 is 24.0 Å². The van der Waals surface area contributed by atoms with Gasteiger partial charge in [-0.15, -0.1) is 0 Å². The molecule has 11 heteroatoms. The molecule has 0 N–H and O–H groups in total. The summed E-state index contributed by atoms with van der Waals surface area (Å²) in [7, 11) is 0. The molecular formula is C35H22N6O5. The zero-order valence-corrected chi connectivity index (χ0v) is 24.0. The Labute approximate surface area is 262 Å². The van der Waals surface area contributed by atoms with Crippen LogP contribution < -0.4 is 0 Å². The van der Waals surface area contributed by atoms with Gasteiger partial charge in [-0.2, -0.15) is 0 Å². The van der Waals surface area contributed by atoms with Gasteiger partial charge in [0.15, 0.2) is 0 Å². The Bertz CT molecular complexity index is 1990. The summed E-state index contributed by atoms with van der Waals surface area (Å²) >= 11 is 0. The maximum Gasteiger partial charge on any atom is 0.267 e. The third-order valence-electron chi connectivity index (χ3n) is 6.38. The first kappa shape index (κ1) is 30.7. The third-order valence-corrected chi connectivity index (χ3v) is 6.38. The second-order valence-corrected chi connectivity index (χ2v) is 9.42. The van der Waals surface area contributed by atoms with Gasteiger partial charge in [0.2, 0.25) is 58.1 Å². The molecule has 5 rings (SSSR count). The van der Waals surface area contributed by atoms with E-state index in [1.165, 1.54) is 54.6 Å². The van der Waals surface area contributed by atoms with Crippen molar-refractivity contribution in [3.63, 3.8) is 0 Å². The van der Waals surface area contributed by atoms with Gasteiger partial charge in [0, 0.05) is 22.3 Å². The fraction of sp³-hybridized carbons (Fsp3) is 0. The molecule has 0 saturated carbocycles. The molecule has 2 heterocycles. The lowest BCUT2D eigenvalue weighted by Crippen LogP contribution is -2.23. The number of carbonyl (C=O) groups is 5. The summed E-state index contributed by atoms with van der Waals surface area (Å²) in [5.74, 6) is -7.31. The Morgan fingerprint density at radius 2 is 0.739 bits per heavy atom. The van der Waals surface area contributed by atoms with E-state index in [0.29, 0.717) is 0 Å². The molecule has 0 aliphatic carbocycles. The van der Waals surface area contributed by atoms with Crippen LogP contribution in [0.4, 0.5) is 0 Å². The van der Waals surface area contributed by atoms with E-state index in [2.05, 4.69) is 43.1 Å². The fourth-order valence-corrected chi connectivity index (χ4v) is 4.11. The molecule has 11 nitrogen and oxygen atoms in total. The van der Waals surface area contributed by atoms with Crippen molar-refractivity contribution in [2.75, 3.05) is 0 Å². The van der Waals surface area contributed by atoms with Crippen molar-refractivity contribution in [3.8, 4) is 0 Å². The van der Waals surface area contributed by atoms with Gasteiger partial charge in [0.25, 0.3) is 5.78 Å². The smallest absolute Gasteiger partial charge is 0.267 e. The van der Waals surface area contributed by atoms with Crippen LogP contribution >= 0.6 is 0 Å². The maximum atomic E-state index is 13.9. The summed E-state index contributed by atoms with van der Waals surface area (Å²) in [6, 6.07) is 24.0. The number of carbonyl (C=O) groups excluding carboxylic acids is 5. The van der Waals surface area contributed by atoms with Crippen LogP contribution in [-0.2, 0) is 0 Å². The average molecular weight is 607 g/mol. The van der Waals surface area contributed by atoms with E-state index < -0.39 is 63.9 Å². The molecule has 46 heavy (non-hydrogen) atoms. The van der Waals surface area contributed by atoms with Gasteiger partial charge in [-0.05, 0) is 0 Å². The van der Waals surface area contributed by atoms with Crippen molar-refractivity contribution in [3.05, 3.63) is 180 Å². The number of allylic oxidation sites excluding steroid dienone is 4. The van der Waals surface area contributed by atoms with Crippen molar-refractivity contribution in [1.82, 2.24) is 29.9 Å². The van der Waals surface area contributed by atoms with Crippen molar-refractivity contribution >= 4 is 28.9 Å². The third kappa shape index (κ3) is 6.58. The molecule has 5 aromatic rings. The first-order chi connectivity index (χ1) is 22.3. The Morgan fingerprint density at radius 3 is 1.04 bits per heavy atom. The lowest BCUT2D eigenvalue weighted by atomic mass is 10.1. The number of ketones is 5. The summed E-state index contributed by atoms with van der Waals surface area (Å²) in [6.07, 6.45) is 3.94. The summed E-state index contributed by atoms with van der Waals surface area (Å²) in [5, 5.41) is 0. The minimum atomic E-state index is -1.10. The lowest BCUT2D eigenvalue weighted by Gasteiger charge is -2.08. The predicted octanol–water partition coefficient (Wildman–Crippen LogP) is 4.46. The van der Waals surface area contributed by atoms with E-state index in [1.54, 1.807) is 54.6 Å². The molecule has 0 aliphatic heterocycles. The molecule has 0 radical (unpaired) electrons. The minimum Gasteiger partial charge on any atom is -0.285 e. The molecule has 0 amide bonds. The summed E-state index contributed by atoms with van der Waals surface area (Å²) < 4.78 is 0.